The van der Waals surface area contributed by atoms with E-state index >= 15 is 0 Å². The Morgan fingerprint density at radius 2 is 2.07 bits per heavy atom. The first-order chi connectivity index (χ1) is 13.7. The molecule has 0 unspecified atom stereocenters. The van der Waals surface area contributed by atoms with Crippen LogP contribution in [0.3, 0.4) is 0 Å². The Bertz CT molecular complexity index is 864. The number of carbonyl (C=O) groups is 1. The fourth-order valence-electron chi connectivity index (χ4n) is 4.28. The van der Waals surface area contributed by atoms with E-state index in [2.05, 4.69) is 15.8 Å². The molecule has 3 aliphatic rings. The van der Waals surface area contributed by atoms with E-state index in [0.29, 0.717) is 50.6 Å². The number of carbonyl (C=O) groups excluding carboxylic acids is 1. The van der Waals surface area contributed by atoms with E-state index < -0.39 is 10.2 Å². The summed E-state index contributed by atoms with van der Waals surface area (Å²) in [5.74, 6) is 0.939. The topological polar surface area (TPSA) is 108 Å². The third kappa shape index (κ3) is 4.50. The van der Waals surface area contributed by atoms with Gasteiger partial charge < -0.3 is 15.2 Å². The van der Waals surface area contributed by atoms with Crippen LogP contribution in [0.5, 0.6) is 0 Å². The van der Waals surface area contributed by atoms with Gasteiger partial charge in [-0.05, 0) is 46.5 Å². The summed E-state index contributed by atoms with van der Waals surface area (Å²) >= 11 is 0. The third-order valence-electron chi connectivity index (χ3n) is 6.05. The van der Waals surface area contributed by atoms with Crippen LogP contribution in [0.4, 0.5) is 0 Å². The summed E-state index contributed by atoms with van der Waals surface area (Å²) < 4.78 is 34.8. The van der Waals surface area contributed by atoms with Crippen molar-refractivity contribution < 1.29 is 17.7 Å². The van der Waals surface area contributed by atoms with Crippen LogP contribution < -0.4 is 10.6 Å². The van der Waals surface area contributed by atoms with Crippen molar-refractivity contribution in [3.05, 3.63) is 17.5 Å². The highest BCUT2D eigenvalue weighted by Crippen LogP contribution is 2.40. The normalized spacial score (nSPS) is 28.9. The summed E-state index contributed by atoms with van der Waals surface area (Å²) in [5, 5.41) is 10.2. The number of piperazine rings is 1. The largest absolute Gasteiger partial charge is 0.360 e. The molecule has 2 N–H and O–H groups in total. The van der Waals surface area contributed by atoms with Crippen LogP contribution in [0.25, 0.3) is 0 Å². The Kier molecular flexibility index (Phi) is 5.47. The molecule has 9 nitrogen and oxygen atoms in total. The van der Waals surface area contributed by atoms with Gasteiger partial charge >= 0.3 is 0 Å². The monoisotopic (exact) mass is 425 g/mol. The lowest BCUT2D eigenvalue weighted by atomic mass is 10.0. The molecule has 2 saturated heterocycles. The molecule has 2 aliphatic heterocycles. The van der Waals surface area contributed by atoms with E-state index in [1.807, 2.05) is 20.8 Å². The van der Waals surface area contributed by atoms with Gasteiger partial charge in [0.05, 0.1) is 0 Å². The summed E-state index contributed by atoms with van der Waals surface area (Å²) in [6.45, 7) is 7.90. The second-order valence-electron chi connectivity index (χ2n) is 9.20. The van der Waals surface area contributed by atoms with Crippen molar-refractivity contribution in [3.8, 4) is 0 Å². The zero-order valence-electron chi connectivity index (χ0n) is 17.3. The molecule has 162 valence electrons. The molecule has 0 aromatic carbocycles. The number of hydrogen-bond acceptors (Lipinski definition) is 6. The summed E-state index contributed by atoms with van der Waals surface area (Å²) in [6.07, 6.45) is 3.34. The van der Waals surface area contributed by atoms with E-state index in [-0.39, 0.29) is 23.5 Å². The highest BCUT2D eigenvalue weighted by Gasteiger charge is 2.41. The minimum Gasteiger partial charge on any atom is -0.360 e. The predicted molar refractivity (Wildman–Crippen MR) is 108 cm³/mol. The first kappa shape index (κ1) is 20.8. The minimum atomic E-state index is -3.52. The van der Waals surface area contributed by atoms with Crippen molar-refractivity contribution in [2.24, 2.45) is 0 Å². The maximum absolute atomic E-state index is 13.2. The lowest BCUT2D eigenvalue weighted by molar-refractivity contribution is 0.0902. The van der Waals surface area contributed by atoms with Gasteiger partial charge in [-0.25, -0.2) is 0 Å². The van der Waals surface area contributed by atoms with Crippen molar-refractivity contribution in [1.29, 1.82) is 0 Å². The fourth-order valence-corrected chi connectivity index (χ4v) is 6.26. The van der Waals surface area contributed by atoms with Crippen molar-refractivity contribution in [3.63, 3.8) is 0 Å². The molecule has 10 heteroatoms. The van der Waals surface area contributed by atoms with Crippen molar-refractivity contribution in [2.75, 3.05) is 26.2 Å². The van der Waals surface area contributed by atoms with E-state index in [4.69, 9.17) is 4.52 Å². The molecule has 1 aromatic rings. The predicted octanol–water partition coefficient (Wildman–Crippen LogP) is 1.06. The van der Waals surface area contributed by atoms with E-state index in [1.165, 1.54) is 0 Å². The van der Waals surface area contributed by atoms with Crippen LogP contribution >= 0.6 is 0 Å². The Balaban J connectivity index is 1.35. The number of nitrogens with zero attached hydrogens (tertiary/aromatic N) is 3. The van der Waals surface area contributed by atoms with E-state index in [1.54, 1.807) is 14.7 Å². The van der Waals surface area contributed by atoms with Gasteiger partial charge in [0, 0.05) is 55.8 Å². The van der Waals surface area contributed by atoms with Crippen LogP contribution in [-0.4, -0.2) is 71.9 Å². The van der Waals surface area contributed by atoms with Gasteiger partial charge in [0.2, 0.25) is 0 Å². The standard InChI is InChI=1S/C19H31N5O4S/c1-13-10-15(21-18(25)16-11-17(28-22-16)14-4-5-14)6-8-24(13)29(26,27)23-9-7-20-19(2,3)12-23/h11,13-15,20H,4-10,12H2,1-3H3,(H,21,25)/t13-,15-/m0/s1. The molecular weight excluding hydrogens is 394 g/mol. The van der Waals surface area contributed by atoms with Crippen LogP contribution in [-0.2, 0) is 10.2 Å². The number of rotatable bonds is 5. The van der Waals surface area contributed by atoms with E-state index in [9.17, 15) is 13.2 Å². The molecule has 29 heavy (non-hydrogen) atoms. The van der Waals surface area contributed by atoms with Gasteiger partial charge in [0.1, 0.15) is 5.76 Å². The Morgan fingerprint density at radius 1 is 1.31 bits per heavy atom. The van der Waals surface area contributed by atoms with Gasteiger partial charge in [-0.1, -0.05) is 5.16 Å². The van der Waals surface area contributed by atoms with Crippen LogP contribution in [0.1, 0.15) is 68.6 Å². The zero-order chi connectivity index (χ0) is 20.8. The summed E-state index contributed by atoms with van der Waals surface area (Å²) in [6, 6.07) is 1.46. The minimum absolute atomic E-state index is 0.0792. The molecule has 0 spiro atoms. The summed E-state index contributed by atoms with van der Waals surface area (Å²) in [5.41, 5.74) is 0.0651. The lowest BCUT2D eigenvalue weighted by Crippen LogP contribution is -2.62. The van der Waals surface area contributed by atoms with Crippen molar-refractivity contribution in [1.82, 2.24) is 24.4 Å². The highest BCUT2D eigenvalue weighted by atomic mass is 32.2. The van der Waals surface area contributed by atoms with Crippen molar-refractivity contribution >= 4 is 16.1 Å². The molecule has 1 aliphatic carbocycles. The van der Waals surface area contributed by atoms with Crippen LogP contribution in [0.15, 0.2) is 10.6 Å². The maximum Gasteiger partial charge on any atom is 0.282 e. The van der Waals surface area contributed by atoms with Crippen LogP contribution in [0.2, 0.25) is 0 Å². The highest BCUT2D eigenvalue weighted by molar-refractivity contribution is 7.86. The average Bonchev–Trinajstić information content (AvgIpc) is 3.37. The van der Waals surface area contributed by atoms with Gasteiger partial charge in [0.15, 0.2) is 5.69 Å². The van der Waals surface area contributed by atoms with Crippen molar-refractivity contribution in [2.45, 2.75) is 70.0 Å². The molecule has 1 amide bonds. The molecule has 0 radical (unpaired) electrons. The number of nitrogens with one attached hydrogen (secondary N) is 2. The van der Waals surface area contributed by atoms with Gasteiger partial charge in [0.25, 0.3) is 16.1 Å². The first-order valence-corrected chi connectivity index (χ1v) is 11.8. The van der Waals surface area contributed by atoms with Gasteiger partial charge in [-0.3, -0.25) is 4.79 Å². The van der Waals surface area contributed by atoms with Gasteiger partial charge in [-0.15, -0.1) is 0 Å². The third-order valence-corrected chi connectivity index (χ3v) is 8.15. The Labute approximate surface area is 172 Å². The molecule has 3 fully saturated rings. The molecule has 4 rings (SSSR count). The molecule has 2 atom stereocenters. The van der Waals surface area contributed by atoms with Crippen LogP contribution in [0, 0.1) is 0 Å². The quantitative estimate of drug-likeness (QED) is 0.731. The molecule has 1 saturated carbocycles. The average molecular weight is 426 g/mol. The zero-order valence-corrected chi connectivity index (χ0v) is 18.2. The molecule has 3 heterocycles. The Hall–Kier alpha value is -1.49. The maximum atomic E-state index is 13.2. The Morgan fingerprint density at radius 3 is 2.72 bits per heavy atom. The number of hydrogen-bond donors (Lipinski definition) is 2. The molecular formula is C19H31N5O4S. The molecule has 0 bridgehead atoms. The second kappa shape index (κ2) is 7.64. The van der Waals surface area contributed by atoms with Gasteiger partial charge in [-0.2, -0.15) is 17.0 Å². The fraction of sp³-hybridized carbons (Fsp3) is 0.789. The SMILES string of the molecule is C[C@H]1C[C@@H](NC(=O)c2cc(C3CC3)on2)CCN1S(=O)(=O)N1CCNC(C)(C)C1. The number of piperidine rings is 1. The second-order valence-corrected chi connectivity index (χ2v) is 11.1. The smallest absolute Gasteiger partial charge is 0.282 e. The first-order valence-electron chi connectivity index (χ1n) is 10.5. The summed E-state index contributed by atoms with van der Waals surface area (Å²) in [4.78, 5) is 12.5. The molecule has 1 aromatic heterocycles. The number of amides is 1. The summed E-state index contributed by atoms with van der Waals surface area (Å²) in [7, 11) is -3.52. The number of aromatic nitrogens is 1. The van der Waals surface area contributed by atoms with E-state index in [0.717, 1.165) is 18.6 Å². The lowest BCUT2D eigenvalue weighted by Gasteiger charge is -2.43.